The van der Waals surface area contributed by atoms with Crippen LogP contribution in [0.2, 0.25) is 10.0 Å². The molecule has 3 aromatic carbocycles. The van der Waals surface area contributed by atoms with E-state index < -0.39 is 17.5 Å². The normalized spacial score (nSPS) is 15.1. The molecular weight excluding hydrogens is 435 g/mol. The molecule has 0 amide bonds. The third kappa shape index (κ3) is 2.16. The molecule has 0 fully saturated rings. The zero-order valence-corrected chi connectivity index (χ0v) is 16.3. The molecule has 1 spiro atoms. The molecule has 30 heavy (non-hydrogen) atoms. The Hall–Kier alpha value is -3.42. The summed E-state index contributed by atoms with van der Waals surface area (Å²) < 4.78 is 11.7. The molecule has 3 N–H and O–H groups in total. The van der Waals surface area contributed by atoms with E-state index in [0.717, 1.165) is 0 Å². The molecule has 3 aromatic rings. The average Bonchev–Trinajstić information content (AvgIpc) is 3.01. The van der Waals surface area contributed by atoms with E-state index in [4.69, 9.17) is 32.7 Å². The predicted octanol–water partition coefficient (Wildman–Crippen LogP) is 4.67. The van der Waals surface area contributed by atoms with E-state index in [-0.39, 0.29) is 60.9 Å². The molecule has 2 aliphatic heterocycles. The van der Waals surface area contributed by atoms with Crippen LogP contribution in [0.3, 0.4) is 0 Å². The van der Waals surface area contributed by atoms with Crippen LogP contribution in [-0.4, -0.2) is 27.3 Å². The standard InChI is InChI=1S/C21H10Cl2O7/c22-15-12(24)6-4-10-17(15)29-18-11(5-7-13(25)16(18)23)21(10)9-3-1-2-8(19(26)27)14(9)20(28)30-21/h1-7,24-25H,(H,26,27). The summed E-state index contributed by atoms with van der Waals surface area (Å²) in [6.45, 7) is 0. The summed E-state index contributed by atoms with van der Waals surface area (Å²) in [5, 5.41) is 29.4. The first-order valence-corrected chi connectivity index (χ1v) is 9.34. The Morgan fingerprint density at radius 3 is 1.97 bits per heavy atom. The lowest BCUT2D eigenvalue weighted by molar-refractivity contribution is 0.0222. The van der Waals surface area contributed by atoms with Gasteiger partial charge < -0.3 is 24.8 Å². The van der Waals surface area contributed by atoms with Crippen molar-refractivity contribution in [2.24, 2.45) is 0 Å². The third-order valence-corrected chi connectivity index (χ3v) is 5.97. The van der Waals surface area contributed by atoms with Gasteiger partial charge in [0.2, 0.25) is 0 Å². The lowest BCUT2D eigenvalue weighted by atomic mass is 9.77. The second-order valence-electron chi connectivity index (χ2n) is 6.76. The van der Waals surface area contributed by atoms with Crippen molar-refractivity contribution in [2.75, 3.05) is 0 Å². The number of phenols is 2. The largest absolute Gasteiger partial charge is 0.506 e. The van der Waals surface area contributed by atoms with Crippen molar-refractivity contribution in [2.45, 2.75) is 5.60 Å². The molecule has 9 heteroatoms. The molecule has 0 aromatic heterocycles. The number of esters is 1. The van der Waals surface area contributed by atoms with E-state index in [1.165, 1.54) is 36.4 Å². The van der Waals surface area contributed by atoms with Crippen LogP contribution in [0, 0.1) is 0 Å². The van der Waals surface area contributed by atoms with Gasteiger partial charge in [0.05, 0.1) is 11.1 Å². The zero-order valence-electron chi connectivity index (χ0n) is 14.8. The second-order valence-corrected chi connectivity index (χ2v) is 7.51. The quantitative estimate of drug-likeness (QED) is 0.467. The van der Waals surface area contributed by atoms with Gasteiger partial charge in [-0.15, -0.1) is 0 Å². The van der Waals surface area contributed by atoms with Gasteiger partial charge in [0, 0.05) is 16.7 Å². The molecule has 0 aliphatic carbocycles. The fourth-order valence-corrected chi connectivity index (χ4v) is 4.39. The highest BCUT2D eigenvalue weighted by Crippen LogP contribution is 2.60. The number of carbonyl (C=O) groups excluding carboxylic acids is 1. The number of hydrogen-bond donors (Lipinski definition) is 3. The fourth-order valence-electron chi connectivity index (χ4n) is 3.98. The van der Waals surface area contributed by atoms with Crippen LogP contribution in [0.5, 0.6) is 23.0 Å². The highest BCUT2D eigenvalue weighted by molar-refractivity contribution is 6.34. The molecule has 0 atom stereocenters. The van der Waals surface area contributed by atoms with Crippen LogP contribution in [0.15, 0.2) is 42.5 Å². The summed E-state index contributed by atoms with van der Waals surface area (Å²) in [4.78, 5) is 24.6. The number of aromatic hydroxyl groups is 2. The number of carboxylic acid groups (broad SMARTS) is 1. The first kappa shape index (κ1) is 18.6. The van der Waals surface area contributed by atoms with Crippen molar-refractivity contribution in [1.82, 2.24) is 0 Å². The summed E-state index contributed by atoms with van der Waals surface area (Å²) in [5.74, 6) is -2.77. The molecule has 2 heterocycles. The van der Waals surface area contributed by atoms with Crippen molar-refractivity contribution in [3.63, 3.8) is 0 Å². The molecule has 0 saturated heterocycles. The number of phenolic OH excluding ortho intramolecular Hbond substituents is 2. The van der Waals surface area contributed by atoms with Gasteiger partial charge in [0.1, 0.15) is 21.5 Å². The molecule has 0 unspecified atom stereocenters. The molecule has 0 saturated carbocycles. The molecular formula is C21H10Cl2O7. The van der Waals surface area contributed by atoms with E-state index in [9.17, 15) is 24.9 Å². The van der Waals surface area contributed by atoms with Gasteiger partial charge in [-0.3, -0.25) is 0 Å². The van der Waals surface area contributed by atoms with Gasteiger partial charge in [-0.2, -0.15) is 0 Å². The average molecular weight is 445 g/mol. The van der Waals surface area contributed by atoms with Crippen molar-refractivity contribution in [1.29, 1.82) is 0 Å². The van der Waals surface area contributed by atoms with Crippen LogP contribution in [-0.2, 0) is 10.3 Å². The lowest BCUT2D eigenvalue weighted by Crippen LogP contribution is -2.33. The Labute approximate surface area is 178 Å². The van der Waals surface area contributed by atoms with E-state index in [0.29, 0.717) is 0 Å². The minimum atomic E-state index is -1.64. The minimum absolute atomic E-state index is 0.0296. The summed E-state index contributed by atoms with van der Waals surface area (Å²) in [7, 11) is 0. The number of carbonyl (C=O) groups is 2. The maximum absolute atomic E-state index is 12.9. The Bertz CT molecular complexity index is 1240. The van der Waals surface area contributed by atoms with Crippen LogP contribution >= 0.6 is 23.2 Å². The number of benzene rings is 3. The maximum atomic E-state index is 12.9. The monoisotopic (exact) mass is 444 g/mol. The fraction of sp³-hybridized carbons (Fsp3) is 0.0476. The van der Waals surface area contributed by atoms with Gasteiger partial charge in [0.25, 0.3) is 0 Å². The molecule has 5 rings (SSSR count). The number of ether oxygens (including phenoxy) is 2. The molecule has 150 valence electrons. The maximum Gasteiger partial charge on any atom is 0.341 e. The van der Waals surface area contributed by atoms with Gasteiger partial charge in [-0.05, 0) is 30.3 Å². The number of fused-ring (bicyclic) bond motifs is 6. The van der Waals surface area contributed by atoms with Crippen LogP contribution in [0.4, 0.5) is 0 Å². The topological polar surface area (TPSA) is 113 Å². The number of aromatic carboxylic acids is 1. The van der Waals surface area contributed by atoms with Crippen LogP contribution < -0.4 is 4.74 Å². The summed E-state index contributed by atoms with van der Waals surface area (Å²) in [6, 6.07) is 9.92. The first-order valence-electron chi connectivity index (χ1n) is 8.59. The van der Waals surface area contributed by atoms with Crippen molar-refractivity contribution >= 4 is 35.1 Å². The van der Waals surface area contributed by atoms with Crippen LogP contribution in [0.25, 0.3) is 0 Å². The number of hydrogen-bond acceptors (Lipinski definition) is 6. The Morgan fingerprint density at radius 2 is 1.43 bits per heavy atom. The molecule has 7 nitrogen and oxygen atoms in total. The molecule has 0 bridgehead atoms. The first-order chi connectivity index (χ1) is 14.3. The lowest BCUT2D eigenvalue weighted by Gasteiger charge is -2.37. The van der Waals surface area contributed by atoms with Crippen molar-refractivity contribution in [3.8, 4) is 23.0 Å². The second kappa shape index (κ2) is 6.04. The molecule has 2 aliphatic rings. The Kier molecular flexibility index (Phi) is 3.75. The Morgan fingerprint density at radius 1 is 0.867 bits per heavy atom. The van der Waals surface area contributed by atoms with E-state index in [1.54, 1.807) is 6.07 Å². The van der Waals surface area contributed by atoms with Gasteiger partial charge in [0.15, 0.2) is 17.1 Å². The van der Waals surface area contributed by atoms with E-state index in [2.05, 4.69) is 0 Å². The van der Waals surface area contributed by atoms with Gasteiger partial charge >= 0.3 is 11.9 Å². The van der Waals surface area contributed by atoms with Crippen molar-refractivity contribution < 1.29 is 34.4 Å². The number of rotatable bonds is 1. The highest BCUT2D eigenvalue weighted by atomic mass is 35.5. The summed E-state index contributed by atoms with van der Waals surface area (Å²) >= 11 is 12.5. The highest BCUT2D eigenvalue weighted by Gasteiger charge is 2.55. The van der Waals surface area contributed by atoms with Crippen LogP contribution in [0.1, 0.15) is 37.4 Å². The Balaban J connectivity index is 1.96. The predicted molar refractivity (Wildman–Crippen MR) is 105 cm³/mol. The zero-order chi connectivity index (χ0) is 21.4. The van der Waals surface area contributed by atoms with E-state index in [1.807, 2.05) is 0 Å². The molecule has 0 radical (unpaired) electrons. The number of halogens is 2. The van der Waals surface area contributed by atoms with E-state index >= 15 is 0 Å². The van der Waals surface area contributed by atoms with Crippen molar-refractivity contribution in [3.05, 3.63) is 80.3 Å². The smallest absolute Gasteiger partial charge is 0.341 e. The third-order valence-electron chi connectivity index (χ3n) is 5.24. The summed E-state index contributed by atoms with van der Waals surface area (Å²) in [5.41, 5.74) is -1.18. The van der Waals surface area contributed by atoms with Gasteiger partial charge in [-0.1, -0.05) is 35.3 Å². The van der Waals surface area contributed by atoms with Gasteiger partial charge in [-0.25, -0.2) is 9.59 Å². The summed E-state index contributed by atoms with van der Waals surface area (Å²) in [6.07, 6.45) is 0. The SMILES string of the molecule is O=C(O)c1cccc2c1C(=O)OC21c2ccc(O)c(Cl)c2Oc2c1ccc(O)c2Cl. The number of carboxylic acids is 1. The minimum Gasteiger partial charge on any atom is -0.506 e.